The SMILES string of the molecule is CCCCC(CC)(CCC)OCC.O=C(O)C=Cc1ccccc1. The molecule has 0 amide bonds. The number of carboxylic acid groups (broad SMARTS) is 1. The Hall–Kier alpha value is -1.61. The Bertz CT molecular complexity index is 445. The van der Waals surface area contributed by atoms with Gasteiger partial charge >= 0.3 is 5.97 Å². The monoisotopic (exact) mass is 334 g/mol. The van der Waals surface area contributed by atoms with Gasteiger partial charge in [-0.1, -0.05) is 70.4 Å². The molecule has 0 spiro atoms. The van der Waals surface area contributed by atoms with Crippen LogP contribution in [0.25, 0.3) is 6.08 Å². The van der Waals surface area contributed by atoms with Gasteiger partial charge in [-0.3, -0.25) is 0 Å². The molecule has 0 aliphatic rings. The van der Waals surface area contributed by atoms with E-state index in [1.165, 1.54) is 32.1 Å². The number of ether oxygens (including phenoxy) is 1. The topological polar surface area (TPSA) is 46.5 Å². The molecular formula is C21H34O3. The Morgan fingerprint density at radius 2 is 1.75 bits per heavy atom. The van der Waals surface area contributed by atoms with Crippen LogP contribution in [0.3, 0.4) is 0 Å². The van der Waals surface area contributed by atoms with Gasteiger partial charge in [-0.15, -0.1) is 0 Å². The second-order valence-electron chi connectivity index (χ2n) is 5.91. The van der Waals surface area contributed by atoms with Crippen molar-refractivity contribution in [3.63, 3.8) is 0 Å². The molecular weight excluding hydrogens is 300 g/mol. The fourth-order valence-electron chi connectivity index (χ4n) is 2.72. The summed E-state index contributed by atoms with van der Waals surface area (Å²) < 4.78 is 5.92. The first-order chi connectivity index (χ1) is 11.5. The van der Waals surface area contributed by atoms with Crippen LogP contribution in [0.5, 0.6) is 0 Å². The lowest BCUT2D eigenvalue weighted by Crippen LogP contribution is -2.31. The second-order valence-corrected chi connectivity index (χ2v) is 5.91. The van der Waals surface area contributed by atoms with Gasteiger partial charge in [-0.2, -0.15) is 0 Å². The number of carbonyl (C=O) groups is 1. The standard InChI is InChI=1S/C12H26O.C9H8O2/c1-5-9-11-12(7-3,10-6-2)13-8-4;10-9(11)7-6-8-4-2-1-3-5-8/h5-11H2,1-4H3;1-7H,(H,10,11). The van der Waals surface area contributed by atoms with Crippen molar-refractivity contribution in [1.82, 2.24) is 0 Å². The molecule has 1 aromatic carbocycles. The van der Waals surface area contributed by atoms with Crippen molar-refractivity contribution < 1.29 is 14.6 Å². The lowest BCUT2D eigenvalue weighted by atomic mass is 9.89. The van der Waals surface area contributed by atoms with Crippen molar-refractivity contribution in [2.45, 2.75) is 71.8 Å². The average molecular weight is 334 g/mol. The van der Waals surface area contributed by atoms with Crippen LogP contribution in [-0.2, 0) is 9.53 Å². The molecule has 0 saturated heterocycles. The smallest absolute Gasteiger partial charge is 0.328 e. The molecule has 0 aliphatic carbocycles. The summed E-state index contributed by atoms with van der Waals surface area (Å²) in [7, 11) is 0. The molecule has 0 aliphatic heterocycles. The van der Waals surface area contributed by atoms with Gasteiger partial charge in [0.1, 0.15) is 0 Å². The van der Waals surface area contributed by atoms with Crippen molar-refractivity contribution in [2.75, 3.05) is 6.61 Å². The van der Waals surface area contributed by atoms with Crippen molar-refractivity contribution in [3.05, 3.63) is 42.0 Å². The molecule has 0 bridgehead atoms. The van der Waals surface area contributed by atoms with Crippen LogP contribution < -0.4 is 0 Å². The summed E-state index contributed by atoms with van der Waals surface area (Å²) in [6, 6.07) is 9.31. The Labute approximate surface area is 147 Å². The second kappa shape index (κ2) is 13.8. The van der Waals surface area contributed by atoms with Crippen LogP contribution in [0.15, 0.2) is 36.4 Å². The number of unbranched alkanes of at least 4 members (excludes halogenated alkanes) is 1. The van der Waals surface area contributed by atoms with E-state index in [1.807, 2.05) is 30.3 Å². The summed E-state index contributed by atoms with van der Waals surface area (Å²) in [6.07, 6.45) is 10.1. The molecule has 0 saturated carbocycles. The fourth-order valence-corrected chi connectivity index (χ4v) is 2.72. The number of hydrogen-bond acceptors (Lipinski definition) is 2. The highest BCUT2D eigenvalue weighted by atomic mass is 16.5. The average Bonchev–Trinajstić information content (AvgIpc) is 2.60. The summed E-state index contributed by atoms with van der Waals surface area (Å²) in [6.45, 7) is 9.71. The first-order valence-electron chi connectivity index (χ1n) is 9.13. The maximum Gasteiger partial charge on any atom is 0.328 e. The molecule has 0 fully saturated rings. The van der Waals surface area contributed by atoms with Crippen LogP contribution in [0.1, 0.15) is 71.8 Å². The fraction of sp³-hybridized carbons (Fsp3) is 0.571. The van der Waals surface area contributed by atoms with E-state index in [0.717, 1.165) is 24.7 Å². The van der Waals surface area contributed by atoms with Crippen molar-refractivity contribution in [3.8, 4) is 0 Å². The van der Waals surface area contributed by atoms with Gasteiger partial charge in [0.2, 0.25) is 0 Å². The van der Waals surface area contributed by atoms with Crippen LogP contribution in [0.2, 0.25) is 0 Å². The third kappa shape index (κ3) is 10.2. The van der Waals surface area contributed by atoms with Crippen molar-refractivity contribution in [1.29, 1.82) is 0 Å². The van der Waals surface area contributed by atoms with Crippen LogP contribution in [0.4, 0.5) is 0 Å². The Kier molecular flexibility index (Phi) is 12.9. The third-order valence-corrected chi connectivity index (χ3v) is 4.00. The van der Waals surface area contributed by atoms with Crippen molar-refractivity contribution in [2.24, 2.45) is 0 Å². The molecule has 1 aromatic rings. The summed E-state index contributed by atoms with van der Waals surface area (Å²) in [5.74, 6) is -0.922. The Morgan fingerprint density at radius 3 is 2.21 bits per heavy atom. The van der Waals surface area contributed by atoms with E-state index in [0.29, 0.717) is 0 Å². The number of rotatable bonds is 10. The van der Waals surface area contributed by atoms with Crippen LogP contribution in [-0.4, -0.2) is 23.3 Å². The highest BCUT2D eigenvalue weighted by Crippen LogP contribution is 2.28. The Morgan fingerprint density at radius 1 is 1.08 bits per heavy atom. The van der Waals surface area contributed by atoms with Gasteiger partial charge in [-0.05, 0) is 37.8 Å². The lowest BCUT2D eigenvalue weighted by molar-refractivity contribution is -0.131. The number of carboxylic acids is 1. The molecule has 1 N–H and O–H groups in total. The zero-order chi connectivity index (χ0) is 18.3. The molecule has 0 heterocycles. The molecule has 24 heavy (non-hydrogen) atoms. The molecule has 1 unspecified atom stereocenters. The van der Waals surface area contributed by atoms with Gasteiger partial charge in [0.05, 0.1) is 5.60 Å². The van der Waals surface area contributed by atoms with Gasteiger partial charge in [0.25, 0.3) is 0 Å². The normalized spacial score (nSPS) is 13.2. The quantitative estimate of drug-likeness (QED) is 0.538. The number of benzene rings is 1. The van der Waals surface area contributed by atoms with E-state index >= 15 is 0 Å². The lowest BCUT2D eigenvalue weighted by Gasteiger charge is -2.32. The molecule has 136 valence electrons. The van der Waals surface area contributed by atoms with E-state index in [4.69, 9.17) is 9.84 Å². The molecule has 1 rings (SSSR count). The van der Waals surface area contributed by atoms with Gasteiger partial charge in [0, 0.05) is 12.7 Å². The first-order valence-corrected chi connectivity index (χ1v) is 9.13. The first kappa shape index (κ1) is 22.4. The zero-order valence-electron chi connectivity index (χ0n) is 15.8. The predicted molar refractivity (Wildman–Crippen MR) is 102 cm³/mol. The van der Waals surface area contributed by atoms with Gasteiger partial charge in [0.15, 0.2) is 0 Å². The van der Waals surface area contributed by atoms with E-state index in [-0.39, 0.29) is 5.60 Å². The summed E-state index contributed by atoms with van der Waals surface area (Å²) in [5.41, 5.74) is 1.09. The molecule has 3 nitrogen and oxygen atoms in total. The van der Waals surface area contributed by atoms with Crippen LogP contribution in [0, 0.1) is 0 Å². The summed E-state index contributed by atoms with van der Waals surface area (Å²) in [4.78, 5) is 10.1. The minimum atomic E-state index is -0.922. The maximum absolute atomic E-state index is 10.1. The highest BCUT2D eigenvalue weighted by molar-refractivity contribution is 5.85. The van der Waals surface area contributed by atoms with E-state index in [1.54, 1.807) is 6.08 Å². The molecule has 0 aromatic heterocycles. The maximum atomic E-state index is 10.1. The van der Waals surface area contributed by atoms with Gasteiger partial charge < -0.3 is 9.84 Å². The van der Waals surface area contributed by atoms with Gasteiger partial charge in [-0.25, -0.2) is 4.79 Å². The zero-order valence-corrected chi connectivity index (χ0v) is 15.8. The molecule has 0 radical (unpaired) electrons. The minimum absolute atomic E-state index is 0.194. The van der Waals surface area contributed by atoms with E-state index in [2.05, 4.69) is 27.7 Å². The van der Waals surface area contributed by atoms with E-state index < -0.39 is 5.97 Å². The van der Waals surface area contributed by atoms with E-state index in [9.17, 15) is 4.79 Å². The van der Waals surface area contributed by atoms with Crippen LogP contribution >= 0.6 is 0 Å². The predicted octanol–water partition coefficient (Wildman–Crippen LogP) is 5.95. The summed E-state index contributed by atoms with van der Waals surface area (Å²) >= 11 is 0. The number of aliphatic carboxylic acids is 1. The summed E-state index contributed by atoms with van der Waals surface area (Å²) in [5, 5.41) is 8.29. The largest absolute Gasteiger partial charge is 0.478 e. The Balaban J connectivity index is 0.000000446. The highest BCUT2D eigenvalue weighted by Gasteiger charge is 2.26. The molecule has 3 heteroatoms. The van der Waals surface area contributed by atoms with Crippen molar-refractivity contribution >= 4 is 12.0 Å². The number of hydrogen-bond donors (Lipinski definition) is 1. The minimum Gasteiger partial charge on any atom is -0.478 e. The third-order valence-electron chi connectivity index (χ3n) is 4.00. The molecule has 1 atom stereocenters.